The Kier molecular flexibility index (Phi) is 7.72. The van der Waals surface area contributed by atoms with Gasteiger partial charge in [0.05, 0.1) is 0 Å². The van der Waals surface area contributed by atoms with Crippen molar-refractivity contribution in [1.29, 1.82) is 0 Å². The largest absolute Gasteiger partial charge is 0.490 e. The van der Waals surface area contributed by atoms with Gasteiger partial charge < -0.3 is 15.2 Å². The Bertz CT molecular complexity index is 624. The van der Waals surface area contributed by atoms with Crippen molar-refractivity contribution in [2.45, 2.75) is 44.8 Å². The van der Waals surface area contributed by atoms with Crippen molar-refractivity contribution in [3.63, 3.8) is 0 Å². The predicted octanol–water partition coefficient (Wildman–Crippen LogP) is 3.23. The first-order chi connectivity index (χ1) is 11.7. The van der Waals surface area contributed by atoms with Gasteiger partial charge in [-0.3, -0.25) is 4.79 Å². The molecule has 1 radical (unpaired) electrons. The highest BCUT2D eigenvalue weighted by atomic mass is 16.5. The highest BCUT2D eigenvalue weighted by Gasteiger charge is 2.09. The van der Waals surface area contributed by atoms with E-state index in [0.717, 1.165) is 35.8 Å². The Morgan fingerprint density at radius 2 is 1.96 bits per heavy atom. The van der Waals surface area contributed by atoms with E-state index < -0.39 is 6.10 Å². The van der Waals surface area contributed by atoms with Crippen LogP contribution in [0.5, 0.6) is 5.75 Å². The molecule has 0 saturated carbocycles. The average molecular weight is 328 g/mol. The lowest BCUT2D eigenvalue weighted by Gasteiger charge is -2.18. The molecule has 2 rings (SSSR count). The van der Waals surface area contributed by atoms with E-state index in [1.165, 1.54) is 0 Å². The number of rotatable bonds is 11. The van der Waals surface area contributed by atoms with Crippen LogP contribution >= 0.6 is 0 Å². The Hall–Kier alpha value is -1.91. The van der Waals surface area contributed by atoms with Gasteiger partial charge in [0.15, 0.2) is 6.29 Å². The normalized spacial score (nSPS) is 13.6. The SMILES string of the molecule is CC(CCCC[C]=O)NCC(O)COc1cccc2ccccc12. The van der Waals surface area contributed by atoms with E-state index in [1.807, 2.05) is 48.8 Å². The van der Waals surface area contributed by atoms with Crippen molar-refractivity contribution in [2.24, 2.45) is 0 Å². The maximum atomic E-state index is 10.1. The summed E-state index contributed by atoms with van der Waals surface area (Å²) in [5.41, 5.74) is 0. The molecule has 4 heteroatoms. The highest BCUT2D eigenvalue weighted by Crippen LogP contribution is 2.25. The second-order valence-corrected chi connectivity index (χ2v) is 6.14. The van der Waals surface area contributed by atoms with Gasteiger partial charge in [-0.1, -0.05) is 42.8 Å². The summed E-state index contributed by atoms with van der Waals surface area (Å²) in [6.45, 7) is 2.84. The zero-order valence-corrected chi connectivity index (χ0v) is 14.2. The highest BCUT2D eigenvalue weighted by molar-refractivity contribution is 5.88. The van der Waals surface area contributed by atoms with Gasteiger partial charge in [-0.15, -0.1) is 0 Å². The molecule has 0 aromatic heterocycles. The molecular weight excluding hydrogens is 302 g/mol. The fourth-order valence-corrected chi connectivity index (χ4v) is 2.65. The fourth-order valence-electron chi connectivity index (χ4n) is 2.65. The summed E-state index contributed by atoms with van der Waals surface area (Å²) in [6.07, 6.45) is 4.71. The molecule has 0 spiro atoms. The molecule has 129 valence electrons. The van der Waals surface area contributed by atoms with Crippen molar-refractivity contribution < 1.29 is 14.6 Å². The second-order valence-electron chi connectivity index (χ2n) is 6.14. The van der Waals surface area contributed by atoms with Gasteiger partial charge in [0, 0.05) is 24.4 Å². The fraction of sp³-hybridized carbons (Fsp3) is 0.450. The molecule has 2 aromatic carbocycles. The van der Waals surface area contributed by atoms with E-state index >= 15 is 0 Å². The molecule has 2 aromatic rings. The van der Waals surface area contributed by atoms with Gasteiger partial charge in [-0.25, -0.2) is 0 Å². The van der Waals surface area contributed by atoms with Crippen LogP contribution in [0.4, 0.5) is 0 Å². The number of fused-ring (bicyclic) bond motifs is 1. The molecule has 0 amide bonds. The molecule has 24 heavy (non-hydrogen) atoms. The van der Waals surface area contributed by atoms with Crippen LogP contribution in [0.3, 0.4) is 0 Å². The molecule has 0 bridgehead atoms. The zero-order valence-electron chi connectivity index (χ0n) is 14.2. The number of hydrogen-bond acceptors (Lipinski definition) is 4. The summed E-state index contributed by atoms with van der Waals surface area (Å²) in [5, 5.41) is 15.6. The van der Waals surface area contributed by atoms with Crippen LogP contribution in [-0.4, -0.2) is 36.7 Å². The van der Waals surface area contributed by atoms with Crippen molar-refractivity contribution in [3.8, 4) is 5.75 Å². The lowest BCUT2D eigenvalue weighted by atomic mass is 10.1. The molecular formula is C20H26NO3. The van der Waals surface area contributed by atoms with Crippen LogP contribution < -0.4 is 10.1 Å². The number of aliphatic hydroxyl groups excluding tert-OH is 1. The third kappa shape index (κ3) is 5.95. The lowest BCUT2D eigenvalue weighted by molar-refractivity contribution is 0.104. The van der Waals surface area contributed by atoms with Crippen molar-refractivity contribution in [2.75, 3.05) is 13.2 Å². The Balaban J connectivity index is 1.72. The van der Waals surface area contributed by atoms with Crippen LogP contribution in [0.1, 0.15) is 32.6 Å². The van der Waals surface area contributed by atoms with Gasteiger partial charge in [0.1, 0.15) is 18.5 Å². The van der Waals surface area contributed by atoms with Crippen molar-refractivity contribution in [3.05, 3.63) is 42.5 Å². The van der Waals surface area contributed by atoms with E-state index in [-0.39, 0.29) is 6.61 Å². The monoisotopic (exact) mass is 328 g/mol. The third-order valence-electron chi connectivity index (χ3n) is 4.05. The maximum absolute atomic E-state index is 10.1. The van der Waals surface area contributed by atoms with Crippen molar-refractivity contribution in [1.82, 2.24) is 5.32 Å². The van der Waals surface area contributed by atoms with E-state index in [2.05, 4.69) is 12.2 Å². The van der Waals surface area contributed by atoms with Crippen LogP contribution in [0, 0.1) is 0 Å². The molecule has 2 unspecified atom stereocenters. The summed E-state index contributed by atoms with van der Waals surface area (Å²) in [7, 11) is 0. The number of hydrogen-bond donors (Lipinski definition) is 2. The standard InChI is InChI=1S/C20H26NO3/c1-16(8-3-2-6-13-22)21-14-18(23)15-24-20-12-7-10-17-9-4-5-11-19(17)20/h4-5,7,9-12,16,18,21,23H,2-3,6,8,14-15H2,1H3. The number of benzene rings is 2. The van der Waals surface area contributed by atoms with Gasteiger partial charge in [0.25, 0.3) is 0 Å². The predicted molar refractivity (Wildman–Crippen MR) is 97.1 cm³/mol. The van der Waals surface area contributed by atoms with Crippen LogP contribution in [-0.2, 0) is 4.79 Å². The quantitative estimate of drug-likeness (QED) is 0.622. The second kappa shape index (κ2) is 10.1. The van der Waals surface area contributed by atoms with Crippen LogP contribution in [0.15, 0.2) is 42.5 Å². The Morgan fingerprint density at radius 1 is 1.17 bits per heavy atom. The number of ether oxygens (including phenoxy) is 1. The summed E-state index contributed by atoms with van der Waals surface area (Å²) >= 11 is 0. The number of aliphatic hydroxyl groups is 1. The first kappa shape index (κ1) is 18.4. The maximum Gasteiger partial charge on any atom is 0.198 e. The molecule has 0 saturated heterocycles. The van der Waals surface area contributed by atoms with Crippen LogP contribution in [0.2, 0.25) is 0 Å². The molecule has 2 atom stereocenters. The molecule has 0 heterocycles. The molecule has 4 nitrogen and oxygen atoms in total. The summed E-state index contributed by atoms with van der Waals surface area (Å²) in [6, 6.07) is 14.3. The Labute approximate surface area is 143 Å². The molecule has 0 aliphatic heterocycles. The van der Waals surface area contributed by atoms with Gasteiger partial charge >= 0.3 is 0 Å². The minimum absolute atomic E-state index is 0.258. The van der Waals surface area contributed by atoms with E-state index in [4.69, 9.17) is 4.74 Å². The van der Waals surface area contributed by atoms with E-state index in [0.29, 0.717) is 19.0 Å². The lowest BCUT2D eigenvalue weighted by Crippen LogP contribution is -2.36. The topological polar surface area (TPSA) is 58.6 Å². The minimum atomic E-state index is -0.560. The summed E-state index contributed by atoms with van der Waals surface area (Å²) in [5.74, 6) is 0.797. The van der Waals surface area contributed by atoms with Gasteiger partial charge in [-0.05, 0) is 31.2 Å². The zero-order chi connectivity index (χ0) is 17.2. The average Bonchev–Trinajstić information content (AvgIpc) is 2.61. The van der Waals surface area contributed by atoms with Crippen LogP contribution in [0.25, 0.3) is 10.8 Å². The molecule has 0 aliphatic rings. The third-order valence-corrected chi connectivity index (χ3v) is 4.05. The first-order valence-electron chi connectivity index (χ1n) is 8.57. The summed E-state index contributed by atoms with van der Waals surface area (Å²) < 4.78 is 5.79. The van der Waals surface area contributed by atoms with E-state index in [9.17, 15) is 9.90 Å². The smallest absolute Gasteiger partial charge is 0.198 e. The van der Waals surface area contributed by atoms with Gasteiger partial charge in [-0.2, -0.15) is 0 Å². The molecule has 0 aliphatic carbocycles. The van der Waals surface area contributed by atoms with E-state index in [1.54, 1.807) is 0 Å². The number of carbonyl (C=O) groups excluding carboxylic acids is 1. The Morgan fingerprint density at radius 3 is 2.79 bits per heavy atom. The number of nitrogens with one attached hydrogen (secondary N) is 1. The van der Waals surface area contributed by atoms with Gasteiger partial charge in [0.2, 0.25) is 0 Å². The first-order valence-corrected chi connectivity index (χ1v) is 8.57. The summed E-state index contributed by atoms with van der Waals surface area (Å²) in [4.78, 5) is 10.1. The van der Waals surface area contributed by atoms with Crippen molar-refractivity contribution >= 4 is 17.1 Å². The number of unbranched alkanes of at least 4 members (excludes halogenated alkanes) is 2. The molecule has 2 N–H and O–H groups in total. The molecule has 0 fully saturated rings. The minimum Gasteiger partial charge on any atom is -0.490 e.